The first-order valence-corrected chi connectivity index (χ1v) is 27.4. The van der Waals surface area contributed by atoms with Gasteiger partial charge in [0.05, 0.1) is 32.8 Å². The molecule has 34 rings (SSSR count). The summed E-state index contributed by atoms with van der Waals surface area (Å²) >= 11 is 0. The van der Waals surface area contributed by atoms with Gasteiger partial charge in [0.1, 0.15) is 0 Å². The lowest BCUT2D eigenvalue weighted by atomic mass is 9.47. The summed E-state index contributed by atoms with van der Waals surface area (Å²) in [5.74, 6) is 0. The molecule has 1 saturated heterocycles. The van der Waals surface area contributed by atoms with Gasteiger partial charge in [0, 0.05) is 18.2 Å². The molecular formula is C69H9N3O4. The van der Waals surface area contributed by atoms with Crippen molar-refractivity contribution in [2.24, 2.45) is 0 Å². The largest absolute Gasteiger partial charge is 0.297 e. The third-order valence-corrected chi connectivity index (χ3v) is 26.6. The van der Waals surface area contributed by atoms with Crippen molar-refractivity contribution in [2.45, 2.75) is 16.9 Å². The Morgan fingerprint density at radius 1 is 0.342 bits per heavy atom. The first kappa shape index (κ1) is 29.4. The molecule has 324 valence electrons. The second-order valence-electron chi connectivity index (χ2n) is 27.0. The van der Waals surface area contributed by atoms with Crippen LogP contribution >= 0.6 is 0 Å². The number of hydrogen-bond donors (Lipinski definition) is 0. The molecule has 0 amide bonds. The molecule has 0 aromatic heterocycles. The van der Waals surface area contributed by atoms with E-state index in [0.29, 0.717) is 12.1 Å². The van der Waals surface area contributed by atoms with Crippen molar-refractivity contribution < 1.29 is 9.85 Å². The summed E-state index contributed by atoms with van der Waals surface area (Å²) in [6.45, 7) is 0.696. The van der Waals surface area contributed by atoms with E-state index in [1.807, 2.05) is 6.07 Å². The molecule has 0 N–H and O–H groups in total. The first-order chi connectivity index (χ1) is 37.5. The number of likely N-dealkylation sites (tertiary alicyclic amines) is 1. The Morgan fingerprint density at radius 2 is 0.566 bits per heavy atom. The minimum atomic E-state index is -0.798. The van der Waals surface area contributed by atoms with Gasteiger partial charge in [0.25, 0.3) is 11.4 Å². The zero-order chi connectivity index (χ0) is 46.4. The maximum atomic E-state index is 14.0. The summed E-state index contributed by atoms with van der Waals surface area (Å²) in [5, 5.41) is 109. The summed E-state index contributed by atoms with van der Waals surface area (Å²) in [4.78, 5) is 28.5. The topological polar surface area (TPSA) is 89.5 Å². The van der Waals surface area contributed by atoms with Gasteiger partial charge >= 0.3 is 0 Å². The Hall–Kier alpha value is -9.56. The van der Waals surface area contributed by atoms with Crippen LogP contribution in [0.4, 0.5) is 11.4 Å². The smallest absolute Gasteiger partial charge is 0.281 e. The van der Waals surface area contributed by atoms with Gasteiger partial charge in [-0.25, -0.2) is 0 Å². The standard InChI is InChI=1S/C69H9N3O4/c1-70-5-68-63-55-47-37-27-19-11-9-10-13-17-15(11)23-31-25(17)35-29-21(13)22-14(10)18-16-12(9)20(19)28-34-24(16)32-26(18)36-30(22)40-39(29)51-45(35)53-43(31)49(41(47)33(23)27)57(63)59(53)65-61(51)62-52(40)46(36)54-44(32)50-42(34)48(38(28)37)56(55)64(68)58(50)60(54)66(62)69(65,68)67(70)7-3-2-6(71(73)74)4-8(7)72(75)76/h2-4,67H,5H2,1H3. The Balaban J connectivity index is 1.10. The second kappa shape index (κ2) is 6.70. The van der Waals surface area contributed by atoms with Crippen LogP contribution in [-0.4, -0.2) is 28.3 Å². The highest BCUT2D eigenvalue weighted by atomic mass is 16.6. The number of rotatable bonds is 3. The van der Waals surface area contributed by atoms with Gasteiger partial charge in [-0.05, 0) is 326 Å². The Kier molecular flexibility index (Phi) is 2.59. The van der Waals surface area contributed by atoms with Crippen molar-refractivity contribution in [3.05, 3.63) is 66.2 Å². The van der Waals surface area contributed by atoms with Crippen LogP contribution in [0, 0.1) is 20.2 Å². The van der Waals surface area contributed by atoms with E-state index in [0.717, 1.165) is 0 Å². The molecule has 5 aliphatic rings. The van der Waals surface area contributed by atoms with Crippen LogP contribution < -0.4 is 0 Å². The molecule has 76 heavy (non-hydrogen) atoms. The zero-order valence-corrected chi connectivity index (χ0v) is 38.5. The highest BCUT2D eigenvalue weighted by Gasteiger charge is 2.76. The minimum absolute atomic E-state index is 0.138. The fourth-order valence-electron chi connectivity index (χ4n) is 26.6. The molecule has 7 heteroatoms. The highest BCUT2D eigenvalue weighted by molar-refractivity contribution is 6.82. The fraction of sp³-hybridized carbons (Fsp3) is 0.0725. The number of likely N-dealkylation sites (N-methyl/N-ethyl adjacent to an activating group) is 1. The molecule has 29 aromatic carbocycles. The molecule has 1 fully saturated rings. The minimum Gasteiger partial charge on any atom is -0.297 e. The lowest BCUT2D eigenvalue weighted by Crippen LogP contribution is -2.52. The number of nitro groups is 2. The van der Waals surface area contributed by atoms with Gasteiger partial charge in [0.2, 0.25) is 0 Å². The van der Waals surface area contributed by atoms with Crippen LogP contribution in [-0.2, 0) is 10.8 Å². The van der Waals surface area contributed by atoms with Crippen molar-refractivity contribution >= 4 is 302 Å². The maximum absolute atomic E-state index is 14.0. The number of nitro benzene ring substituents is 2. The summed E-state index contributed by atoms with van der Waals surface area (Å²) < 4.78 is 0. The summed E-state index contributed by atoms with van der Waals surface area (Å²) in [7, 11) is 2.27. The van der Waals surface area contributed by atoms with Gasteiger partial charge in [-0.2, -0.15) is 0 Å². The molecule has 7 nitrogen and oxygen atoms in total. The quantitative estimate of drug-likeness (QED) is 0.1000. The first-order valence-electron chi connectivity index (χ1n) is 27.4. The molecule has 1 heterocycles. The number of benzene rings is 19. The van der Waals surface area contributed by atoms with Crippen LogP contribution in [0.3, 0.4) is 0 Å². The SMILES string of the molecule is CN1CC23c4c5c6c7c8c9c(c%10c%11c2c2c4c4c%12c5c5c6c6c8c8c%13c9c9c%10c%10c%11c%11c2c2c4c4c%12c%12c5c5c6c8c6c8c%13c9c9c%10c%10c%11c2c2c4c4c%12c5c6c5c8c9c%10c2c45)C73C1c1ccc([N+](=O)[O-])cc1[N+](=O)[O-]. The van der Waals surface area contributed by atoms with Crippen molar-refractivity contribution in [2.75, 3.05) is 13.6 Å². The Morgan fingerprint density at radius 3 is 0.789 bits per heavy atom. The van der Waals surface area contributed by atoms with E-state index in [2.05, 4.69) is 11.9 Å². The van der Waals surface area contributed by atoms with E-state index in [-0.39, 0.29) is 16.3 Å². The van der Waals surface area contributed by atoms with Crippen LogP contribution in [0.25, 0.3) is 291 Å². The normalized spacial score (nSPS) is 22.9. The summed E-state index contributed by atoms with van der Waals surface area (Å²) in [6.07, 6.45) is 0. The molecule has 0 radical (unpaired) electrons. The van der Waals surface area contributed by atoms with Gasteiger partial charge in [0.15, 0.2) is 0 Å². The predicted octanol–water partition coefficient (Wildman–Crippen LogP) is 17.8. The van der Waals surface area contributed by atoms with Crippen molar-refractivity contribution in [1.29, 1.82) is 0 Å². The Bertz CT molecular complexity index is 7580. The van der Waals surface area contributed by atoms with Crippen LogP contribution in [0.5, 0.6) is 0 Å². The van der Waals surface area contributed by atoms with Gasteiger partial charge in [-0.1, -0.05) is 0 Å². The van der Waals surface area contributed by atoms with Gasteiger partial charge < -0.3 is 0 Å². The van der Waals surface area contributed by atoms with Crippen LogP contribution in [0.2, 0.25) is 0 Å². The molecule has 4 aliphatic carbocycles. The van der Waals surface area contributed by atoms with E-state index in [1.54, 1.807) is 114 Å². The van der Waals surface area contributed by atoms with E-state index in [9.17, 15) is 20.2 Å². The number of hydrogen-bond acceptors (Lipinski definition) is 5. The fourth-order valence-corrected chi connectivity index (χ4v) is 26.6. The lowest BCUT2D eigenvalue weighted by molar-refractivity contribution is -0.394. The second-order valence-corrected chi connectivity index (χ2v) is 27.0. The summed E-state index contributed by atoms with van der Waals surface area (Å²) in [6, 6.07) is 4.19. The van der Waals surface area contributed by atoms with Gasteiger partial charge in [-0.3, -0.25) is 25.1 Å². The summed E-state index contributed by atoms with van der Waals surface area (Å²) in [5.41, 5.74) is 4.72. The number of nitrogens with zero attached hydrogens (tertiary/aromatic N) is 3. The number of non-ortho nitro benzene ring substituents is 1. The molecular weight excluding hydrogens is 935 g/mol. The third kappa shape index (κ3) is 1.59. The predicted molar refractivity (Wildman–Crippen MR) is 309 cm³/mol. The molecule has 1 unspecified atom stereocenters. The van der Waals surface area contributed by atoms with E-state index in [1.165, 1.54) is 211 Å². The third-order valence-electron chi connectivity index (χ3n) is 26.6. The molecule has 2 spiro atoms. The average Bonchev–Trinajstić information content (AvgIpc) is 1.99. The van der Waals surface area contributed by atoms with Crippen molar-refractivity contribution in [1.82, 2.24) is 4.90 Å². The molecule has 1 aliphatic heterocycles. The molecule has 29 aromatic rings. The Labute approximate surface area is 411 Å². The van der Waals surface area contributed by atoms with E-state index < -0.39 is 21.8 Å². The molecule has 0 saturated carbocycles. The van der Waals surface area contributed by atoms with E-state index in [4.69, 9.17) is 0 Å². The van der Waals surface area contributed by atoms with Crippen LogP contribution in [0.15, 0.2) is 18.2 Å². The lowest BCUT2D eigenvalue weighted by Gasteiger charge is -2.52. The zero-order valence-electron chi connectivity index (χ0n) is 38.5. The van der Waals surface area contributed by atoms with Crippen LogP contribution in [0.1, 0.15) is 33.9 Å². The maximum Gasteiger partial charge on any atom is 0.281 e. The molecule has 1 atom stereocenters. The molecule has 0 bridgehead atoms. The van der Waals surface area contributed by atoms with Crippen molar-refractivity contribution in [3.63, 3.8) is 0 Å². The average molecular weight is 944 g/mol. The highest BCUT2D eigenvalue weighted by Crippen LogP contribution is 2.87. The van der Waals surface area contributed by atoms with E-state index >= 15 is 0 Å². The van der Waals surface area contributed by atoms with Crippen molar-refractivity contribution in [3.8, 4) is 0 Å². The monoisotopic (exact) mass is 943 g/mol. The van der Waals surface area contributed by atoms with Gasteiger partial charge in [-0.15, -0.1) is 0 Å².